The van der Waals surface area contributed by atoms with E-state index < -0.39 is 65.1 Å². The number of carbonyl (C=O) groups is 5. The number of esters is 2. The Balaban J connectivity index is 1.89. The van der Waals surface area contributed by atoms with E-state index in [1.807, 2.05) is 6.08 Å². The third-order valence-electron chi connectivity index (χ3n) is 6.21. The summed E-state index contributed by atoms with van der Waals surface area (Å²) < 4.78 is 10.8. The molecule has 11 nitrogen and oxygen atoms in total. The van der Waals surface area contributed by atoms with Gasteiger partial charge in [0.25, 0.3) is 0 Å². The van der Waals surface area contributed by atoms with Crippen molar-refractivity contribution < 1.29 is 38.6 Å². The number of hydrogen-bond donors (Lipinski definition) is 4. The minimum absolute atomic E-state index is 0.0499. The number of allylic oxidation sites excluding steroid dienone is 1. The van der Waals surface area contributed by atoms with Crippen LogP contribution < -0.4 is 16.0 Å². The summed E-state index contributed by atoms with van der Waals surface area (Å²) in [5.41, 5.74) is -1.68. The normalized spacial score (nSPS) is 29.1. The van der Waals surface area contributed by atoms with Crippen molar-refractivity contribution in [2.45, 2.75) is 101 Å². The van der Waals surface area contributed by atoms with E-state index in [1.54, 1.807) is 26.8 Å². The van der Waals surface area contributed by atoms with Crippen LogP contribution in [0.5, 0.6) is 0 Å². The third-order valence-corrected chi connectivity index (χ3v) is 8.65. The molecule has 212 valence electrons. The first-order valence-corrected chi connectivity index (χ1v) is 15.3. The second-order valence-electron chi connectivity index (χ2n) is 10.7. The fraction of sp³-hybridized carbons (Fsp3) is 0.720. The zero-order valence-corrected chi connectivity index (χ0v) is 23.6. The van der Waals surface area contributed by atoms with Crippen LogP contribution in [-0.4, -0.2) is 81.7 Å². The molecule has 2 bridgehead atoms. The molecule has 38 heavy (non-hydrogen) atoms. The summed E-state index contributed by atoms with van der Waals surface area (Å²) in [6.07, 6.45) is 2.20. The first-order valence-electron chi connectivity index (χ1n) is 12.8. The van der Waals surface area contributed by atoms with Gasteiger partial charge < -0.3 is 30.5 Å². The van der Waals surface area contributed by atoms with Crippen LogP contribution in [0, 0.1) is 0 Å². The Morgan fingerprint density at radius 2 is 1.87 bits per heavy atom. The number of carbonyl (C=O) groups excluding carboxylic acids is 5. The number of ether oxygens (including phenoxy) is 2. The molecular weight excluding hydrogens is 534 g/mol. The Hall–Kier alpha value is -2.25. The van der Waals surface area contributed by atoms with Gasteiger partial charge in [0.15, 0.2) is 0 Å². The molecule has 1 aliphatic carbocycles. The molecular formula is C25H37N3O8S2. The molecule has 2 aliphatic heterocycles. The van der Waals surface area contributed by atoms with Gasteiger partial charge in [0, 0.05) is 17.9 Å². The van der Waals surface area contributed by atoms with Crippen molar-refractivity contribution in [3.05, 3.63) is 12.2 Å². The first-order chi connectivity index (χ1) is 17.9. The van der Waals surface area contributed by atoms with E-state index in [2.05, 4.69) is 16.0 Å². The number of rotatable bonds is 3. The van der Waals surface area contributed by atoms with E-state index >= 15 is 0 Å². The maximum atomic E-state index is 13.3. The van der Waals surface area contributed by atoms with Crippen molar-refractivity contribution in [1.82, 2.24) is 16.0 Å². The monoisotopic (exact) mass is 571 g/mol. The van der Waals surface area contributed by atoms with E-state index in [0.717, 1.165) is 0 Å². The number of hydrogen-bond acceptors (Lipinski definition) is 10. The van der Waals surface area contributed by atoms with Crippen molar-refractivity contribution in [3.8, 4) is 0 Å². The summed E-state index contributed by atoms with van der Waals surface area (Å²) in [6.45, 7) is 5.19. The average molecular weight is 572 g/mol. The van der Waals surface area contributed by atoms with Gasteiger partial charge in [-0.05, 0) is 52.5 Å². The minimum atomic E-state index is -1.17. The molecule has 2 fully saturated rings. The van der Waals surface area contributed by atoms with Crippen LogP contribution in [0.1, 0.15) is 65.7 Å². The van der Waals surface area contributed by atoms with Gasteiger partial charge in [0.2, 0.25) is 17.7 Å². The fourth-order valence-corrected chi connectivity index (χ4v) is 6.24. The summed E-state index contributed by atoms with van der Waals surface area (Å²) >= 11 is 0. The average Bonchev–Trinajstić information content (AvgIpc) is 3.58. The predicted octanol–water partition coefficient (Wildman–Crippen LogP) is 1.13. The molecule has 1 saturated heterocycles. The molecule has 0 aromatic heterocycles. The lowest BCUT2D eigenvalue weighted by atomic mass is 10.0. The Bertz CT molecular complexity index is 947. The third kappa shape index (κ3) is 9.49. The van der Waals surface area contributed by atoms with Crippen LogP contribution in [0.4, 0.5) is 0 Å². The van der Waals surface area contributed by atoms with E-state index in [1.165, 1.54) is 21.6 Å². The van der Waals surface area contributed by atoms with Gasteiger partial charge >= 0.3 is 11.9 Å². The van der Waals surface area contributed by atoms with Crippen LogP contribution in [0.15, 0.2) is 12.2 Å². The van der Waals surface area contributed by atoms with Gasteiger partial charge in [0.05, 0.1) is 24.5 Å². The maximum absolute atomic E-state index is 13.3. The van der Waals surface area contributed by atoms with Crippen molar-refractivity contribution in [2.24, 2.45) is 0 Å². The summed E-state index contributed by atoms with van der Waals surface area (Å²) in [6, 6.07) is -2.09. The lowest BCUT2D eigenvalue weighted by Crippen LogP contribution is -2.57. The Labute approximate surface area is 230 Å². The second-order valence-corrected chi connectivity index (χ2v) is 13.4. The quantitative estimate of drug-likeness (QED) is 0.220. The van der Waals surface area contributed by atoms with Crippen molar-refractivity contribution in [1.29, 1.82) is 0 Å². The molecule has 0 aromatic carbocycles. The van der Waals surface area contributed by atoms with Crippen molar-refractivity contribution in [3.63, 3.8) is 0 Å². The first kappa shape index (κ1) is 30.3. The largest absolute Gasteiger partial charge is 0.460 e. The van der Waals surface area contributed by atoms with Gasteiger partial charge in [0.1, 0.15) is 23.8 Å². The van der Waals surface area contributed by atoms with E-state index in [-0.39, 0.29) is 31.4 Å². The molecule has 1 spiro atoms. The highest BCUT2D eigenvalue weighted by Gasteiger charge is 2.51. The van der Waals surface area contributed by atoms with E-state index in [9.17, 15) is 29.1 Å². The fourth-order valence-electron chi connectivity index (χ4n) is 4.08. The smallest absolute Gasteiger partial charge is 0.309 e. The molecule has 2 heterocycles. The molecule has 1 saturated carbocycles. The lowest BCUT2D eigenvalue weighted by molar-refractivity contribution is -0.155. The summed E-state index contributed by atoms with van der Waals surface area (Å²) in [4.78, 5) is 64.4. The topological polar surface area (TPSA) is 160 Å². The molecule has 4 atom stereocenters. The van der Waals surface area contributed by atoms with Crippen LogP contribution in [0.25, 0.3) is 0 Å². The van der Waals surface area contributed by atoms with Crippen LogP contribution in [0.3, 0.4) is 0 Å². The van der Waals surface area contributed by atoms with Gasteiger partial charge in [-0.15, -0.1) is 0 Å². The van der Waals surface area contributed by atoms with Crippen LogP contribution >= 0.6 is 21.6 Å². The second kappa shape index (κ2) is 13.2. The molecule has 0 aromatic rings. The van der Waals surface area contributed by atoms with Gasteiger partial charge in [-0.25, -0.2) is 0 Å². The molecule has 13 heteroatoms. The Morgan fingerprint density at radius 3 is 2.55 bits per heavy atom. The molecule has 3 rings (SSSR count). The van der Waals surface area contributed by atoms with Gasteiger partial charge in [-0.3, -0.25) is 24.0 Å². The van der Waals surface area contributed by atoms with Crippen LogP contribution in [0.2, 0.25) is 0 Å². The Kier molecular flexibility index (Phi) is 10.5. The molecule has 3 amide bonds. The molecule has 3 aliphatic rings. The Morgan fingerprint density at radius 1 is 1.13 bits per heavy atom. The maximum Gasteiger partial charge on any atom is 0.309 e. The molecule has 0 radical (unpaired) electrons. The highest BCUT2D eigenvalue weighted by Crippen LogP contribution is 2.40. The highest BCUT2D eigenvalue weighted by molar-refractivity contribution is 8.76. The summed E-state index contributed by atoms with van der Waals surface area (Å²) in [5.74, 6) is -1.94. The zero-order valence-electron chi connectivity index (χ0n) is 21.9. The summed E-state index contributed by atoms with van der Waals surface area (Å²) in [7, 11) is 2.95. The van der Waals surface area contributed by atoms with Crippen LogP contribution in [-0.2, 0) is 33.4 Å². The summed E-state index contributed by atoms with van der Waals surface area (Å²) in [5, 5.41) is 18.9. The number of nitrogens with one attached hydrogen (secondary N) is 3. The van der Waals surface area contributed by atoms with Gasteiger partial charge in [-0.1, -0.05) is 27.7 Å². The predicted molar refractivity (Wildman–Crippen MR) is 143 cm³/mol. The SMILES string of the molecule is CC(C)(C)OC(=O)CC[C@H]1NC(=O)C[C@H]2C=CCCSSC[C@@H](NC1=O)C(=O)NC1(CC1)C(O)CC(=O)O2. The number of aliphatic hydroxyl groups excluding tert-OH is 1. The molecule has 4 N–H and O–H groups in total. The highest BCUT2D eigenvalue weighted by atomic mass is 33.1. The van der Waals surface area contributed by atoms with Gasteiger partial charge in [-0.2, -0.15) is 0 Å². The van der Waals surface area contributed by atoms with E-state index in [4.69, 9.17) is 9.47 Å². The molecule has 1 unspecified atom stereocenters. The number of aliphatic hydroxyl groups is 1. The number of amides is 3. The zero-order chi connectivity index (χ0) is 27.9. The van der Waals surface area contributed by atoms with Crippen molar-refractivity contribution in [2.75, 3.05) is 11.5 Å². The number of fused-ring (bicyclic) bond motifs is 7. The standard InChI is InChI=1S/C25H37N3O8S2/c1-24(2,3)36-20(31)8-7-16-22(33)27-17-14-38-37-11-5-4-6-15(12-19(30)26-16)35-21(32)13-18(29)25(9-10-25)28-23(17)34/h4,6,15-18,29H,5,7-14H2,1-3H3,(H,26,30)(H,27,33)(H,28,34)/t15-,16-,17-,18?/m1/s1. The minimum Gasteiger partial charge on any atom is -0.460 e. The lowest BCUT2D eigenvalue weighted by Gasteiger charge is -2.27. The van der Waals surface area contributed by atoms with Crippen molar-refractivity contribution >= 4 is 51.2 Å². The van der Waals surface area contributed by atoms with E-state index in [0.29, 0.717) is 25.0 Å².